The quantitative estimate of drug-likeness (QED) is 0.444. The molecule has 0 bridgehead atoms. The number of ether oxygens (including phenoxy) is 1. The third kappa shape index (κ3) is 3.88. The van der Waals surface area contributed by atoms with Crippen LogP contribution in [0.3, 0.4) is 0 Å². The van der Waals surface area contributed by atoms with Crippen molar-refractivity contribution in [2.24, 2.45) is 0 Å². The maximum atomic E-state index is 14.0. The van der Waals surface area contributed by atoms with Gasteiger partial charge in [-0.05, 0) is 42.8 Å². The van der Waals surface area contributed by atoms with E-state index in [-0.39, 0.29) is 22.2 Å². The summed E-state index contributed by atoms with van der Waals surface area (Å²) in [5, 5.41) is 18.2. The zero-order chi connectivity index (χ0) is 24.0. The number of nitrogens with zero attached hydrogens (tertiary/aromatic N) is 4. The highest BCUT2D eigenvalue weighted by atomic mass is 32.2. The first-order valence-corrected chi connectivity index (χ1v) is 12.0. The molecule has 0 saturated carbocycles. The van der Waals surface area contributed by atoms with Gasteiger partial charge in [-0.2, -0.15) is 15.0 Å². The van der Waals surface area contributed by atoms with Crippen LogP contribution < -0.4 is 10.5 Å². The summed E-state index contributed by atoms with van der Waals surface area (Å²) in [6.45, 7) is 1.73. The summed E-state index contributed by atoms with van der Waals surface area (Å²) in [6, 6.07) is 10.7. The summed E-state index contributed by atoms with van der Waals surface area (Å²) in [5.74, 6) is -0.409. The van der Waals surface area contributed by atoms with Crippen LogP contribution in [0.15, 0.2) is 66.0 Å². The number of halogens is 1. The summed E-state index contributed by atoms with van der Waals surface area (Å²) < 4.78 is 44.8. The van der Waals surface area contributed by atoms with Gasteiger partial charge in [-0.15, -0.1) is 0 Å². The molecule has 34 heavy (non-hydrogen) atoms. The van der Waals surface area contributed by atoms with Crippen molar-refractivity contribution in [2.45, 2.75) is 24.0 Å². The van der Waals surface area contributed by atoms with E-state index in [0.29, 0.717) is 27.9 Å². The number of nitrogens with two attached hydrogens (primary N) is 1. The smallest absolute Gasteiger partial charge is 0.181 e. The van der Waals surface area contributed by atoms with Crippen molar-refractivity contribution < 1.29 is 22.7 Å². The van der Waals surface area contributed by atoms with E-state index in [1.807, 2.05) is 0 Å². The number of fused-ring (bicyclic) bond motifs is 1. The van der Waals surface area contributed by atoms with E-state index in [1.54, 1.807) is 31.2 Å². The minimum Gasteiger partial charge on any atom is -0.482 e. The molecule has 0 aliphatic carbocycles. The Morgan fingerprint density at radius 2 is 1.91 bits per heavy atom. The average molecular weight is 482 g/mol. The van der Waals surface area contributed by atoms with Gasteiger partial charge in [0.2, 0.25) is 0 Å². The Balaban J connectivity index is 1.49. The maximum absolute atomic E-state index is 14.0. The second kappa shape index (κ2) is 8.19. The predicted molar refractivity (Wildman–Crippen MR) is 121 cm³/mol. The molecule has 3 heterocycles. The molecule has 2 aromatic carbocycles. The van der Waals surface area contributed by atoms with Crippen LogP contribution in [0.4, 0.5) is 10.2 Å². The van der Waals surface area contributed by atoms with Crippen LogP contribution in [-0.4, -0.2) is 39.3 Å². The van der Waals surface area contributed by atoms with Gasteiger partial charge in [0, 0.05) is 22.9 Å². The second-order valence-electron chi connectivity index (χ2n) is 7.94. The van der Waals surface area contributed by atoms with Gasteiger partial charge in [0.15, 0.2) is 21.4 Å². The number of rotatable bonds is 5. The van der Waals surface area contributed by atoms with E-state index < -0.39 is 27.9 Å². The first-order chi connectivity index (χ1) is 16.2. The topological polar surface area (TPSA) is 133 Å². The molecule has 174 valence electrons. The predicted octanol–water partition coefficient (Wildman–Crippen LogP) is 3.01. The van der Waals surface area contributed by atoms with Gasteiger partial charge in [-0.3, -0.25) is 0 Å². The summed E-state index contributed by atoms with van der Waals surface area (Å²) in [4.78, 5) is 5.65. The fourth-order valence-corrected chi connectivity index (χ4v) is 5.63. The van der Waals surface area contributed by atoms with Gasteiger partial charge in [-0.25, -0.2) is 17.8 Å². The highest BCUT2D eigenvalue weighted by Crippen LogP contribution is 2.38. The lowest BCUT2D eigenvalue weighted by molar-refractivity contribution is 0.204. The molecule has 1 aliphatic rings. The van der Waals surface area contributed by atoms with Gasteiger partial charge >= 0.3 is 0 Å². The van der Waals surface area contributed by atoms with Crippen molar-refractivity contribution in [1.29, 1.82) is 0 Å². The number of benzene rings is 2. The largest absolute Gasteiger partial charge is 0.482 e. The summed E-state index contributed by atoms with van der Waals surface area (Å²) in [7, 11) is -3.57. The average Bonchev–Trinajstić information content (AvgIpc) is 3.41. The van der Waals surface area contributed by atoms with E-state index in [4.69, 9.17) is 10.5 Å². The summed E-state index contributed by atoms with van der Waals surface area (Å²) in [5.41, 5.74) is 8.61. The second-order valence-corrected chi connectivity index (χ2v) is 9.94. The molecule has 2 atom stereocenters. The van der Waals surface area contributed by atoms with Crippen molar-refractivity contribution in [3.8, 4) is 22.6 Å². The lowest BCUT2D eigenvalue weighted by Crippen LogP contribution is -2.11. The van der Waals surface area contributed by atoms with Crippen LogP contribution in [0.2, 0.25) is 0 Å². The molecule has 2 aromatic heterocycles. The summed E-state index contributed by atoms with van der Waals surface area (Å²) >= 11 is 0. The molecule has 0 spiro atoms. The number of hydrogen-bond acceptors (Lipinski definition) is 8. The fourth-order valence-electron chi connectivity index (χ4n) is 3.98. The van der Waals surface area contributed by atoms with E-state index in [9.17, 15) is 17.9 Å². The number of sulfone groups is 1. The molecule has 3 N–H and O–H groups in total. The Bertz CT molecular complexity index is 1490. The van der Waals surface area contributed by atoms with Crippen LogP contribution in [0.5, 0.6) is 5.75 Å². The molecule has 9 nitrogen and oxygen atoms in total. The lowest BCUT2D eigenvalue weighted by Gasteiger charge is -2.19. The molecular formula is C23H20FN5O4S. The number of nitrogen functional groups attached to an aromatic ring is 1. The highest BCUT2D eigenvalue weighted by molar-refractivity contribution is 7.91. The Morgan fingerprint density at radius 3 is 2.68 bits per heavy atom. The van der Waals surface area contributed by atoms with E-state index in [2.05, 4.69) is 15.2 Å². The zero-order valence-corrected chi connectivity index (χ0v) is 18.8. The van der Waals surface area contributed by atoms with Crippen LogP contribution in [-0.2, 0) is 9.84 Å². The number of aliphatic hydroxyl groups excluding tert-OH is 1. The minimum atomic E-state index is -3.57. The first-order valence-electron chi connectivity index (χ1n) is 10.4. The molecular weight excluding hydrogens is 461 g/mol. The molecule has 0 saturated heterocycles. The van der Waals surface area contributed by atoms with Crippen LogP contribution >= 0.6 is 0 Å². The standard InChI is InChI=1S/C23H20FN5O4S/c1-13(18-10-16(24)3-5-19(18)29-27-6-7-28-29)33-21-8-15(11-26-23(21)25)14-2-4-17-20(30)12-34(31,32)22(17)9-14/h2-11,13,20,30H,12H2,1H3,(H2,25,26)/t13-,20?/m1/s1. The van der Waals surface area contributed by atoms with Crippen molar-refractivity contribution in [3.05, 3.63) is 78.0 Å². The molecule has 0 fully saturated rings. The molecule has 11 heteroatoms. The summed E-state index contributed by atoms with van der Waals surface area (Å²) in [6.07, 6.45) is 2.85. The molecule has 1 unspecified atom stereocenters. The van der Waals surface area contributed by atoms with Gasteiger partial charge in [0.05, 0.1) is 34.8 Å². The number of hydrogen-bond donors (Lipinski definition) is 2. The Labute approximate surface area is 194 Å². The normalized spacial score (nSPS) is 17.3. The van der Waals surface area contributed by atoms with Gasteiger partial charge in [0.25, 0.3) is 0 Å². The van der Waals surface area contributed by atoms with Gasteiger partial charge in [-0.1, -0.05) is 12.1 Å². The maximum Gasteiger partial charge on any atom is 0.181 e. The van der Waals surface area contributed by atoms with Gasteiger partial charge < -0.3 is 15.6 Å². The van der Waals surface area contributed by atoms with Crippen molar-refractivity contribution in [3.63, 3.8) is 0 Å². The molecule has 0 amide bonds. The van der Waals surface area contributed by atoms with Gasteiger partial charge in [0.1, 0.15) is 11.9 Å². The Hall–Kier alpha value is -3.83. The molecule has 5 rings (SSSR count). The highest BCUT2D eigenvalue weighted by Gasteiger charge is 2.33. The van der Waals surface area contributed by atoms with Crippen LogP contribution in [0.1, 0.15) is 30.3 Å². The number of anilines is 1. The van der Waals surface area contributed by atoms with Crippen molar-refractivity contribution >= 4 is 15.7 Å². The Morgan fingerprint density at radius 1 is 1.15 bits per heavy atom. The molecule has 0 radical (unpaired) electrons. The van der Waals surface area contributed by atoms with Crippen molar-refractivity contribution in [2.75, 3.05) is 11.5 Å². The van der Waals surface area contributed by atoms with E-state index in [0.717, 1.165) is 0 Å². The zero-order valence-electron chi connectivity index (χ0n) is 18.0. The molecule has 4 aromatic rings. The Kier molecular flexibility index (Phi) is 5.29. The number of aromatic nitrogens is 4. The van der Waals surface area contributed by atoms with E-state index in [1.165, 1.54) is 41.6 Å². The monoisotopic (exact) mass is 481 g/mol. The SMILES string of the molecule is C[C@@H](Oc1cc(-c2ccc3c(c2)S(=O)(=O)CC3O)cnc1N)c1cc(F)ccc1-n1nccn1. The fraction of sp³-hybridized carbons (Fsp3) is 0.174. The molecule has 1 aliphatic heterocycles. The first kappa shape index (κ1) is 22.0. The minimum absolute atomic E-state index is 0.0984. The van der Waals surface area contributed by atoms with E-state index >= 15 is 0 Å². The third-order valence-electron chi connectivity index (χ3n) is 5.67. The number of pyridine rings is 1. The van der Waals surface area contributed by atoms with Crippen LogP contribution in [0, 0.1) is 5.82 Å². The van der Waals surface area contributed by atoms with Crippen LogP contribution in [0.25, 0.3) is 16.8 Å². The van der Waals surface area contributed by atoms with Crippen molar-refractivity contribution in [1.82, 2.24) is 20.0 Å². The lowest BCUT2D eigenvalue weighted by atomic mass is 10.0. The number of aliphatic hydroxyl groups is 1. The third-order valence-corrected chi connectivity index (χ3v) is 7.44.